The predicted octanol–water partition coefficient (Wildman–Crippen LogP) is 1.95. The Labute approximate surface area is 117 Å². The van der Waals surface area contributed by atoms with Crippen molar-refractivity contribution in [1.29, 1.82) is 0 Å². The van der Waals surface area contributed by atoms with E-state index in [1.54, 1.807) is 31.7 Å². The number of aryl methyl sites for hydroxylation is 1. The highest BCUT2D eigenvalue weighted by molar-refractivity contribution is 5.91. The van der Waals surface area contributed by atoms with Crippen molar-refractivity contribution in [2.45, 2.75) is 33.6 Å². The summed E-state index contributed by atoms with van der Waals surface area (Å²) in [5.74, 6) is -0.873. The number of hydrogen-bond acceptors (Lipinski definition) is 4. The maximum atomic E-state index is 12.3. The number of carboxylic acid groups (broad SMARTS) is 1. The fraction of sp³-hybridized carbons (Fsp3) is 0.643. The molecular formula is C14H20N2O4. The number of aliphatic carboxylic acids is 1. The van der Waals surface area contributed by atoms with Gasteiger partial charge in [0.2, 0.25) is 5.76 Å². The van der Waals surface area contributed by atoms with E-state index in [-0.39, 0.29) is 17.6 Å². The van der Waals surface area contributed by atoms with Crippen molar-refractivity contribution in [1.82, 2.24) is 10.1 Å². The number of hydrogen-bond donors (Lipinski definition) is 1. The molecule has 0 spiro atoms. The lowest BCUT2D eigenvalue weighted by atomic mass is 9.74. The number of amides is 1. The van der Waals surface area contributed by atoms with Gasteiger partial charge in [-0.3, -0.25) is 9.59 Å². The van der Waals surface area contributed by atoms with E-state index in [4.69, 9.17) is 4.52 Å². The molecule has 2 rings (SSSR count). The second-order valence-electron chi connectivity index (χ2n) is 5.95. The monoisotopic (exact) mass is 280 g/mol. The zero-order chi connectivity index (χ0) is 14.9. The Morgan fingerprint density at radius 1 is 1.50 bits per heavy atom. The smallest absolute Gasteiger partial charge is 0.309 e. The minimum Gasteiger partial charge on any atom is -0.481 e. The van der Waals surface area contributed by atoms with E-state index < -0.39 is 11.4 Å². The average Bonchev–Trinajstić information content (AvgIpc) is 2.84. The number of likely N-dealkylation sites (tertiary alicyclic amines) is 1. The first-order valence-corrected chi connectivity index (χ1v) is 6.78. The third-order valence-corrected chi connectivity index (χ3v) is 4.12. The van der Waals surface area contributed by atoms with Crippen LogP contribution in [0, 0.1) is 18.3 Å². The zero-order valence-corrected chi connectivity index (χ0v) is 12.0. The van der Waals surface area contributed by atoms with Gasteiger partial charge in [0, 0.05) is 19.2 Å². The molecule has 1 aliphatic rings. The Bertz CT molecular complexity index is 521. The van der Waals surface area contributed by atoms with Gasteiger partial charge in [-0.1, -0.05) is 5.16 Å². The first kappa shape index (κ1) is 14.6. The van der Waals surface area contributed by atoms with Crippen LogP contribution in [0.15, 0.2) is 10.6 Å². The van der Waals surface area contributed by atoms with E-state index in [0.717, 1.165) is 12.8 Å². The lowest BCUT2D eigenvalue weighted by molar-refractivity contribution is -0.151. The summed E-state index contributed by atoms with van der Waals surface area (Å²) in [6, 6.07) is 1.61. The molecular weight excluding hydrogens is 260 g/mol. The van der Waals surface area contributed by atoms with Crippen LogP contribution in [0.25, 0.3) is 0 Å². The molecule has 1 aromatic heterocycles. The Morgan fingerprint density at radius 2 is 2.20 bits per heavy atom. The van der Waals surface area contributed by atoms with Crippen molar-refractivity contribution in [3.8, 4) is 0 Å². The summed E-state index contributed by atoms with van der Waals surface area (Å²) in [5, 5.41) is 13.0. The SMILES string of the molecule is Cc1cc(C(=O)N2CCCC(C(C)(C)C(=O)O)C2)on1. The molecule has 1 unspecified atom stereocenters. The van der Waals surface area contributed by atoms with Gasteiger partial charge in [-0.05, 0) is 39.5 Å². The molecule has 20 heavy (non-hydrogen) atoms. The summed E-state index contributed by atoms with van der Waals surface area (Å²) in [7, 11) is 0. The quantitative estimate of drug-likeness (QED) is 0.914. The molecule has 1 N–H and O–H groups in total. The molecule has 1 saturated heterocycles. The number of carboxylic acids is 1. The van der Waals surface area contributed by atoms with Crippen LogP contribution in [0.5, 0.6) is 0 Å². The number of rotatable bonds is 3. The molecule has 0 aromatic carbocycles. The second kappa shape index (κ2) is 5.26. The van der Waals surface area contributed by atoms with Gasteiger partial charge in [0.15, 0.2) is 0 Å². The Hall–Kier alpha value is -1.85. The van der Waals surface area contributed by atoms with E-state index in [1.807, 2.05) is 0 Å². The van der Waals surface area contributed by atoms with Gasteiger partial charge in [0.1, 0.15) is 0 Å². The highest BCUT2D eigenvalue weighted by Gasteiger charge is 2.40. The van der Waals surface area contributed by atoms with E-state index >= 15 is 0 Å². The molecule has 1 fully saturated rings. The fourth-order valence-corrected chi connectivity index (χ4v) is 2.55. The fourth-order valence-electron chi connectivity index (χ4n) is 2.55. The van der Waals surface area contributed by atoms with Crippen LogP contribution in [-0.4, -0.2) is 40.1 Å². The van der Waals surface area contributed by atoms with E-state index in [2.05, 4.69) is 5.16 Å². The third kappa shape index (κ3) is 2.69. The van der Waals surface area contributed by atoms with Crippen molar-refractivity contribution >= 4 is 11.9 Å². The molecule has 2 heterocycles. The molecule has 0 bridgehead atoms. The first-order chi connectivity index (χ1) is 9.32. The largest absolute Gasteiger partial charge is 0.481 e. The van der Waals surface area contributed by atoms with Crippen LogP contribution in [-0.2, 0) is 4.79 Å². The van der Waals surface area contributed by atoms with Crippen LogP contribution < -0.4 is 0 Å². The molecule has 0 radical (unpaired) electrons. The van der Waals surface area contributed by atoms with E-state index in [0.29, 0.717) is 18.8 Å². The number of nitrogens with zero attached hydrogens (tertiary/aromatic N) is 2. The van der Waals surface area contributed by atoms with E-state index in [1.165, 1.54) is 0 Å². The molecule has 1 aromatic rings. The highest BCUT2D eigenvalue weighted by atomic mass is 16.5. The van der Waals surface area contributed by atoms with Gasteiger partial charge < -0.3 is 14.5 Å². The van der Waals surface area contributed by atoms with Crippen LogP contribution >= 0.6 is 0 Å². The van der Waals surface area contributed by atoms with Crippen molar-refractivity contribution < 1.29 is 19.2 Å². The number of piperidine rings is 1. The molecule has 6 heteroatoms. The van der Waals surface area contributed by atoms with Crippen LogP contribution in [0.2, 0.25) is 0 Å². The summed E-state index contributed by atoms with van der Waals surface area (Å²) in [6.07, 6.45) is 1.62. The molecule has 1 amide bonds. The van der Waals surface area contributed by atoms with Crippen LogP contribution in [0.3, 0.4) is 0 Å². The van der Waals surface area contributed by atoms with Gasteiger partial charge in [0.25, 0.3) is 5.91 Å². The zero-order valence-electron chi connectivity index (χ0n) is 12.0. The van der Waals surface area contributed by atoms with Crippen LogP contribution in [0.1, 0.15) is 42.9 Å². The average molecular weight is 280 g/mol. The van der Waals surface area contributed by atoms with Crippen molar-refractivity contribution in [2.24, 2.45) is 11.3 Å². The topological polar surface area (TPSA) is 83.6 Å². The molecule has 0 saturated carbocycles. The molecule has 0 aliphatic carbocycles. The molecule has 1 aliphatic heterocycles. The van der Waals surface area contributed by atoms with Crippen molar-refractivity contribution in [3.05, 3.63) is 17.5 Å². The van der Waals surface area contributed by atoms with Gasteiger partial charge >= 0.3 is 5.97 Å². The minimum atomic E-state index is -0.837. The molecule has 1 atom stereocenters. The summed E-state index contributed by atoms with van der Waals surface area (Å²) >= 11 is 0. The maximum Gasteiger partial charge on any atom is 0.309 e. The third-order valence-electron chi connectivity index (χ3n) is 4.12. The normalized spacial score (nSPS) is 19.9. The minimum absolute atomic E-state index is 0.0540. The van der Waals surface area contributed by atoms with E-state index in [9.17, 15) is 14.7 Å². The Kier molecular flexibility index (Phi) is 3.83. The summed E-state index contributed by atoms with van der Waals surface area (Å²) in [6.45, 7) is 6.26. The molecule has 6 nitrogen and oxygen atoms in total. The standard InChI is InChI=1S/C14H20N2O4/c1-9-7-11(20-15-9)12(17)16-6-4-5-10(8-16)14(2,3)13(18)19/h7,10H,4-6,8H2,1-3H3,(H,18,19). The van der Waals surface area contributed by atoms with Gasteiger partial charge in [-0.25, -0.2) is 0 Å². The lowest BCUT2D eigenvalue weighted by Gasteiger charge is -2.38. The number of carbonyl (C=O) groups is 2. The number of aromatic nitrogens is 1. The van der Waals surface area contributed by atoms with Gasteiger partial charge in [0.05, 0.1) is 11.1 Å². The first-order valence-electron chi connectivity index (χ1n) is 6.78. The maximum absolute atomic E-state index is 12.3. The molecule has 110 valence electrons. The van der Waals surface area contributed by atoms with Crippen LogP contribution in [0.4, 0.5) is 0 Å². The second-order valence-corrected chi connectivity index (χ2v) is 5.95. The van der Waals surface area contributed by atoms with Gasteiger partial charge in [-0.15, -0.1) is 0 Å². The number of carbonyl (C=O) groups excluding carboxylic acids is 1. The predicted molar refractivity (Wildman–Crippen MR) is 71.3 cm³/mol. The lowest BCUT2D eigenvalue weighted by Crippen LogP contribution is -2.46. The Balaban J connectivity index is 2.11. The summed E-state index contributed by atoms with van der Waals surface area (Å²) in [4.78, 5) is 25.3. The van der Waals surface area contributed by atoms with Crippen molar-refractivity contribution in [2.75, 3.05) is 13.1 Å². The summed E-state index contributed by atoms with van der Waals surface area (Å²) in [5.41, 5.74) is -0.177. The summed E-state index contributed by atoms with van der Waals surface area (Å²) < 4.78 is 4.99. The highest BCUT2D eigenvalue weighted by Crippen LogP contribution is 2.34. The Morgan fingerprint density at radius 3 is 2.75 bits per heavy atom. The van der Waals surface area contributed by atoms with Crippen molar-refractivity contribution in [3.63, 3.8) is 0 Å². The van der Waals surface area contributed by atoms with Gasteiger partial charge in [-0.2, -0.15) is 0 Å².